The molecule has 0 saturated carbocycles. The first kappa shape index (κ1) is 11.6. The maximum Gasteiger partial charge on any atom is 0.255 e. The molecule has 0 unspecified atom stereocenters. The van der Waals surface area contributed by atoms with Crippen molar-refractivity contribution in [2.24, 2.45) is 5.73 Å². The Balaban J connectivity index is 2.42. The van der Waals surface area contributed by atoms with Gasteiger partial charge in [-0.25, -0.2) is 0 Å². The van der Waals surface area contributed by atoms with E-state index in [2.05, 4.69) is 0 Å². The number of nitrogens with zero attached hydrogens (tertiary/aromatic N) is 1. The summed E-state index contributed by atoms with van der Waals surface area (Å²) >= 11 is 0. The molecule has 0 aliphatic heterocycles. The summed E-state index contributed by atoms with van der Waals surface area (Å²) in [4.78, 5) is 12.1. The highest BCUT2D eigenvalue weighted by atomic mass is 16.1. The van der Waals surface area contributed by atoms with E-state index in [1.165, 1.54) is 0 Å². The maximum atomic E-state index is 12.1. The second-order valence-electron chi connectivity index (χ2n) is 4.08. The van der Waals surface area contributed by atoms with E-state index in [0.29, 0.717) is 12.1 Å². The fourth-order valence-electron chi connectivity index (χ4n) is 1.83. The van der Waals surface area contributed by atoms with Crippen LogP contribution in [0, 0.1) is 6.92 Å². The van der Waals surface area contributed by atoms with Gasteiger partial charge in [-0.1, -0.05) is 36.4 Å². The zero-order chi connectivity index (χ0) is 12.3. The van der Waals surface area contributed by atoms with Gasteiger partial charge in [0.05, 0.1) is 6.54 Å². The number of nitrogens with two attached hydrogens (primary N) is 1. The van der Waals surface area contributed by atoms with Gasteiger partial charge in [0.25, 0.3) is 5.56 Å². The highest BCUT2D eigenvalue weighted by molar-refractivity contribution is 5.20. The van der Waals surface area contributed by atoms with E-state index in [0.717, 1.165) is 11.3 Å². The van der Waals surface area contributed by atoms with Gasteiger partial charge in [-0.3, -0.25) is 4.79 Å². The van der Waals surface area contributed by atoms with Crippen LogP contribution >= 0.6 is 0 Å². The minimum atomic E-state index is 0.0105. The molecule has 3 nitrogen and oxygen atoms in total. The Morgan fingerprint density at radius 2 is 1.82 bits per heavy atom. The SMILES string of the molecule is Cc1ccc(CN)c(=O)n1Cc1ccccc1. The molecular weight excluding hydrogens is 212 g/mol. The second-order valence-corrected chi connectivity index (χ2v) is 4.08. The lowest BCUT2D eigenvalue weighted by atomic mass is 10.2. The smallest absolute Gasteiger partial charge is 0.255 e. The van der Waals surface area contributed by atoms with Crippen LogP contribution in [0.1, 0.15) is 16.8 Å². The Hall–Kier alpha value is -1.87. The number of hydrogen-bond donors (Lipinski definition) is 1. The van der Waals surface area contributed by atoms with Crippen molar-refractivity contribution in [2.45, 2.75) is 20.0 Å². The van der Waals surface area contributed by atoms with E-state index < -0.39 is 0 Å². The molecule has 0 fully saturated rings. The maximum absolute atomic E-state index is 12.1. The van der Waals surface area contributed by atoms with Gasteiger partial charge in [0, 0.05) is 17.8 Å². The van der Waals surface area contributed by atoms with Crippen LogP contribution in [0.3, 0.4) is 0 Å². The van der Waals surface area contributed by atoms with Crippen molar-refractivity contribution in [3.8, 4) is 0 Å². The molecule has 3 heteroatoms. The van der Waals surface area contributed by atoms with Crippen LogP contribution in [0.25, 0.3) is 0 Å². The summed E-state index contributed by atoms with van der Waals surface area (Å²) in [5.74, 6) is 0. The van der Waals surface area contributed by atoms with Crippen LogP contribution in [0.4, 0.5) is 0 Å². The van der Waals surface area contributed by atoms with Gasteiger partial charge in [0.1, 0.15) is 0 Å². The highest BCUT2D eigenvalue weighted by Gasteiger charge is 2.05. The summed E-state index contributed by atoms with van der Waals surface area (Å²) in [7, 11) is 0. The first-order chi connectivity index (χ1) is 8.22. The summed E-state index contributed by atoms with van der Waals surface area (Å²) < 4.78 is 1.76. The zero-order valence-corrected chi connectivity index (χ0v) is 9.89. The van der Waals surface area contributed by atoms with Gasteiger partial charge < -0.3 is 10.3 Å². The predicted octanol–water partition coefficient (Wildman–Crippen LogP) is 1.66. The van der Waals surface area contributed by atoms with Crippen LogP contribution in [-0.4, -0.2) is 4.57 Å². The minimum absolute atomic E-state index is 0.0105. The topological polar surface area (TPSA) is 48.0 Å². The van der Waals surface area contributed by atoms with Crippen molar-refractivity contribution >= 4 is 0 Å². The average Bonchev–Trinajstić information content (AvgIpc) is 2.36. The van der Waals surface area contributed by atoms with Crippen molar-refractivity contribution in [3.63, 3.8) is 0 Å². The van der Waals surface area contributed by atoms with Crippen molar-refractivity contribution in [1.29, 1.82) is 0 Å². The van der Waals surface area contributed by atoms with E-state index >= 15 is 0 Å². The van der Waals surface area contributed by atoms with Crippen LogP contribution in [-0.2, 0) is 13.1 Å². The molecule has 1 aromatic carbocycles. The Bertz CT molecular complexity index is 558. The van der Waals surface area contributed by atoms with Gasteiger partial charge in [-0.2, -0.15) is 0 Å². The third-order valence-corrected chi connectivity index (χ3v) is 2.87. The lowest BCUT2D eigenvalue weighted by molar-refractivity contribution is 0.716. The lowest BCUT2D eigenvalue weighted by Gasteiger charge is -2.11. The molecule has 2 rings (SSSR count). The molecule has 0 spiro atoms. The quantitative estimate of drug-likeness (QED) is 0.868. The molecule has 88 valence electrons. The molecule has 0 aliphatic rings. The van der Waals surface area contributed by atoms with E-state index in [1.54, 1.807) is 10.6 Å². The molecule has 1 heterocycles. The van der Waals surface area contributed by atoms with Crippen molar-refractivity contribution in [2.75, 3.05) is 0 Å². The van der Waals surface area contributed by atoms with Crippen molar-refractivity contribution in [3.05, 3.63) is 69.6 Å². The monoisotopic (exact) mass is 228 g/mol. The van der Waals surface area contributed by atoms with Gasteiger partial charge in [0.2, 0.25) is 0 Å². The molecule has 0 aliphatic carbocycles. The second kappa shape index (κ2) is 4.97. The third kappa shape index (κ3) is 2.45. The number of benzene rings is 1. The van der Waals surface area contributed by atoms with Gasteiger partial charge in [-0.05, 0) is 18.6 Å². The molecule has 0 saturated heterocycles. The number of rotatable bonds is 3. The van der Waals surface area contributed by atoms with E-state index in [9.17, 15) is 4.79 Å². The van der Waals surface area contributed by atoms with Crippen LogP contribution in [0.15, 0.2) is 47.3 Å². The van der Waals surface area contributed by atoms with Gasteiger partial charge in [-0.15, -0.1) is 0 Å². The summed E-state index contributed by atoms with van der Waals surface area (Å²) in [6, 6.07) is 13.7. The summed E-state index contributed by atoms with van der Waals surface area (Å²) in [6.45, 7) is 2.82. The molecule has 0 atom stereocenters. The highest BCUT2D eigenvalue weighted by Crippen LogP contribution is 2.04. The van der Waals surface area contributed by atoms with Crippen LogP contribution in [0.5, 0.6) is 0 Å². The molecule has 0 bridgehead atoms. The minimum Gasteiger partial charge on any atom is -0.326 e. The number of aromatic nitrogens is 1. The van der Waals surface area contributed by atoms with E-state index in [1.807, 2.05) is 43.3 Å². The largest absolute Gasteiger partial charge is 0.326 e. The Morgan fingerprint density at radius 1 is 1.12 bits per heavy atom. The van der Waals surface area contributed by atoms with Crippen LogP contribution < -0.4 is 11.3 Å². The average molecular weight is 228 g/mol. The third-order valence-electron chi connectivity index (χ3n) is 2.87. The van der Waals surface area contributed by atoms with E-state index in [4.69, 9.17) is 5.73 Å². The molecule has 0 amide bonds. The Labute approximate surface area is 101 Å². The molecule has 17 heavy (non-hydrogen) atoms. The number of hydrogen-bond acceptors (Lipinski definition) is 2. The van der Waals surface area contributed by atoms with Crippen LogP contribution in [0.2, 0.25) is 0 Å². The summed E-state index contributed by atoms with van der Waals surface area (Å²) in [5, 5.41) is 0. The Morgan fingerprint density at radius 3 is 2.47 bits per heavy atom. The molecular formula is C14H16N2O. The summed E-state index contributed by atoms with van der Waals surface area (Å²) in [6.07, 6.45) is 0. The number of aryl methyl sites for hydroxylation is 1. The van der Waals surface area contributed by atoms with E-state index in [-0.39, 0.29) is 12.1 Å². The van der Waals surface area contributed by atoms with Crippen molar-refractivity contribution in [1.82, 2.24) is 4.57 Å². The lowest BCUT2D eigenvalue weighted by Crippen LogP contribution is -2.27. The fraction of sp³-hybridized carbons (Fsp3) is 0.214. The van der Waals surface area contributed by atoms with Gasteiger partial charge >= 0.3 is 0 Å². The standard InChI is InChI=1S/C14H16N2O/c1-11-7-8-13(9-15)14(17)16(11)10-12-5-3-2-4-6-12/h2-8H,9-10,15H2,1H3. The molecule has 2 N–H and O–H groups in total. The Kier molecular flexibility index (Phi) is 3.40. The molecule has 1 aromatic heterocycles. The fourth-order valence-corrected chi connectivity index (χ4v) is 1.83. The van der Waals surface area contributed by atoms with Crippen molar-refractivity contribution < 1.29 is 0 Å². The molecule has 0 radical (unpaired) electrons. The molecule has 2 aromatic rings. The summed E-state index contributed by atoms with van der Waals surface area (Å²) in [5.41, 5.74) is 8.29. The normalized spacial score (nSPS) is 10.5. The van der Waals surface area contributed by atoms with Gasteiger partial charge in [0.15, 0.2) is 0 Å². The number of pyridine rings is 1. The first-order valence-corrected chi connectivity index (χ1v) is 5.65. The predicted molar refractivity (Wildman–Crippen MR) is 68.9 cm³/mol. The first-order valence-electron chi connectivity index (χ1n) is 5.65. The zero-order valence-electron chi connectivity index (χ0n) is 9.89.